The van der Waals surface area contributed by atoms with Gasteiger partial charge in [0.15, 0.2) is 0 Å². The first-order valence-electron chi connectivity index (χ1n) is 7.32. The van der Waals surface area contributed by atoms with Crippen LogP contribution in [0.5, 0.6) is 0 Å². The molecular formula is C15H25N3O3. The normalized spacial score (nSPS) is 10.7. The predicted molar refractivity (Wildman–Crippen MR) is 83.4 cm³/mol. The third-order valence-corrected chi connectivity index (χ3v) is 2.76. The molecule has 0 aliphatic heterocycles. The first-order chi connectivity index (χ1) is 10.0. The van der Waals surface area contributed by atoms with Gasteiger partial charge in [-0.2, -0.15) is 0 Å². The minimum atomic E-state index is -0.425. The van der Waals surface area contributed by atoms with Crippen LogP contribution in [0.15, 0.2) is 12.3 Å². The maximum Gasteiger partial charge on any atom is 0.340 e. The van der Waals surface area contributed by atoms with E-state index in [2.05, 4.69) is 10.3 Å². The number of nitrogen functional groups attached to an aromatic ring is 1. The van der Waals surface area contributed by atoms with E-state index in [-0.39, 0.29) is 6.10 Å². The largest absolute Gasteiger partial charge is 0.462 e. The quantitative estimate of drug-likeness (QED) is 0.537. The minimum absolute atomic E-state index is 0.267. The van der Waals surface area contributed by atoms with Crippen molar-refractivity contribution in [3.05, 3.63) is 17.8 Å². The van der Waals surface area contributed by atoms with Crippen molar-refractivity contribution < 1.29 is 14.3 Å². The fraction of sp³-hybridized carbons (Fsp3) is 0.600. The zero-order valence-corrected chi connectivity index (χ0v) is 13.0. The number of hydrogen-bond acceptors (Lipinski definition) is 6. The number of carbonyl (C=O) groups is 1. The van der Waals surface area contributed by atoms with E-state index in [9.17, 15) is 4.79 Å². The van der Waals surface area contributed by atoms with Crippen LogP contribution in [0, 0.1) is 0 Å². The first-order valence-corrected chi connectivity index (χ1v) is 7.32. The molecule has 0 spiro atoms. The molecule has 0 fully saturated rings. The number of unbranched alkanes of at least 4 members (excludes halogenated alkanes) is 1. The third kappa shape index (κ3) is 6.44. The van der Waals surface area contributed by atoms with Crippen molar-refractivity contribution in [1.29, 1.82) is 0 Å². The number of anilines is 2. The van der Waals surface area contributed by atoms with Gasteiger partial charge in [-0.3, -0.25) is 0 Å². The number of pyridine rings is 1. The Hall–Kier alpha value is -1.82. The molecule has 1 aromatic heterocycles. The Balaban J connectivity index is 2.42. The van der Waals surface area contributed by atoms with Crippen LogP contribution in [0.1, 0.15) is 44.0 Å². The monoisotopic (exact) mass is 295 g/mol. The highest BCUT2D eigenvalue weighted by Gasteiger charge is 2.12. The second-order valence-corrected chi connectivity index (χ2v) is 4.93. The summed E-state index contributed by atoms with van der Waals surface area (Å²) in [6, 6.07) is 1.62. The number of nitrogens with two attached hydrogens (primary N) is 1. The maximum atomic E-state index is 11.7. The van der Waals surface area contributed by atoms with Crippen LogP contribution in [-0.4, -0.2) is 36.8 Å². The molecule has 0 atom stereocenters. The molecule has 1 aromatic rings. The maximum absolute atomic E-state index is 11.7. The minimum Gasteiger partial charge on any atom is -0.462 e. The summed E-state index contributed by atoms with van der Waals surface area (Å²) in [5.41, 5.74) is 6.40. The summed E-state index contributed by atoms with van der Waals surface area (Å²) >= 11 is 0. The lowest BCUT2D eigenvalue weighted by Gasteiger charge is -2.10. The van der Waals surface area contributed by atoms with Gasteiger partial charge in [0.05, 0.1) is 30.2 Å². The van der Waals surface area contributed by atoms with Crippen LogP contribution in [-0.2, 0) is 9.47 Å². The molecule has 0 radical (unpaired) electrons. The summed E-state index contributed by atoms with van der Waals surface area (Å²) < 4.78 is 10.4. The molecule has 0 aromatic carbocycles. The number of carbonyl (C=O) groups excluding carboxylic acids is 1. The van der Waals surface area contributed by atoms with Crippen molar-refractivity contribution >= 4 is 17.5 Å². The lowest BCUT2D eigenvalue weighted by atomic mass is 10.2. The van der Waals surface area contributed by atoms with E-state index in [1.807, 2.05) is 13.8 Å². The van der Waals surface area contributed by atoms with Gasteiger partial charge in [0.25, 0.3) is 0 Å². The van der Waals surface area contributed by atoms with Gasteiger partial charge in [-0.25, -0.2) is 9.78 Å². The van der Waals surface area contributed by atoms with Crippen LogP contribution < -0.4 is 11.1 Å². The zero-order valence-electron chi connectivity index (χ0n) is 13.0. The number of hydrogen-bond donors (Lipinski definition) is 2. The van der Waals surface area contributed by atoms with Gasteiger partial charge in [-0.1, -0.05) is 0 Å². The van der Waals surface area contributed by atoms with Crippen molar-refractivity contribution in [3.8, 4) is 0 Å². The van der Waals surface area contributed by atoms with Gasteiger partial charge in [0.1, 0.15) is 5.82 Å². The Morgan fingerprint density at radius 2 is 2.19 bits per heavy atom. The van der Waals surface area contributed by atoms with E-state index < -0.39 is 5.97 Å². The molecule has 0 saturated heterocycles. The molecule has 6 nitrogen and oxygen atoms in total. The molecule has 3 N–H and O–H groups in total. The summed E-state index contributed by atoms with van der Waals surface area (Å²) in [4.78, 5) is 15.9. The standard InChI is InChI=1S/C15H25N3O3/c1-4-20-15(19)12-9-14(18-10-13(12)16)17-7-5-6-8-21-11(2)3/h9-11H,4-8,16H2,1-3H3,(H,17,18). The molecular weight excluding hydrogens is 270 g/mol. The second kappa shape index (κ2) is 9.18. The van der Waals surface area contributed by atoms with Gasteiger partial charge in [0, 0.05) is 13.2 Å². The van der Waals surface area contributed by atoms with E-state index in [1.54, 1.807) is 13.0 Å². The topological polar surface area (TPSA) is 86.5 Å². The Bertz CT molecular complexity index is 450. The number of nitrogens with zero attached hydrogens (tertiary/aromatic N) is 1. The third-order valence-electron chi connectivity index (χ3n) is 2.76. The van der Waals surface area contributed by atoms with Gasteiger partial charge >= 0.3 is 5.97 Å². The number of rotatable bonds is 9. The van der Waals surface area contributed by atoms with Gasteiger partial charge in [-0.05, 0) is 39.7 Å². The average Bonchev–Trinajstić information content (AvgIpc) is 2.44. The molecule has 21 heavy (non-hydrogen) atoms. The van der Waals surface area contributed by atoms with Crippen molar-refractivity contribution in [2.45, 2.75) is 39.7 Å². The Morgan fingerprint density at radius 3 is 2.86 bits per heavy atom. The summed E-state index contributed by atoms with van der Waals surface area (Å²) in [6.07, 6.45) is 3.68. The summed E-state index contributed by atoms with van der Waals surface area (Å²) in [6.45, 7) is 7.64. The first kappa shape index (κ1) is 17.2. The summed E-state index contributed by atoms with van der Waals surface area (Å²) in [7, 11) is 0. The van der Waals surface area contributed by atoms with E-state index >= 15 is 0 Å². The van der Waals surface area contributed by atoms with Gasteiger partial charge in [0.2, 0.25) is 0 Å². The van der Waals surface area contributed by atoms with Gasteiger partial charge < -0.3 is 20.5 Å². The fourth-order valence-electron chi connectivity index (χ4n) is 1.71. The van der Waals surface area contributed by atoms with Crippen molar-refractivity contribution in [1.82, 2.24) is 4.98 Å². The van der Waals surface area contributed by atoms with Crippen LogP contribution in [0.2, 0.25) is 0 Å². The summed E-state index contributed by atoms with van der Waals surface area (Å²) in [5, 5.41) is 3.17. The molecule has 0 amide bonds. The highest BCUT2D eigenvalue weighted by molar-refractivity contribution is 5.95. The fourth-order valence-corrected chi connectivity index (χ4v) is 1.71. The van der Waals surface area contributed by atoms with Crippen molar-refractivity contribution in [3.63, 3.8) is 0 Å². The second-order valence-electron chi connectivity index (χ2n) is 4.93. The van der Waals surface area contributed by atoms with Crippen LogP contribution >= 0.6 is 0 Å². The lowest BCUT2D eigenvalue weighted by molar-refractivity contribution is 0.0527. The molecule has 1 rings (SSSR count). The number of nitrogens with one attached hydrogen (secondary N) is 1. The number of ether oxygens (including phenoxy) is 2. The number of esters is 1. The molecule has 0 unspecified atom stereocenters. The van der Waals surface area contributed by atoms with Crippen molar-refractivity contribution in [2.75, 3.05) is 30.8 Å². The molecule has 6 heteroatoms. The molecule has 0 aliphatic rings. The smallest absolute Gasteiger partial charge is 0.340 e. The highest BCUT2D eigenvalue weighted by atomic mass is 16.5. The van der Waals surface area contributed by atoms with Crippen LogP contribution in [0.25, 0.3) is 0 Å². The number of aromatic nitrogens is 1. The lowest BCUT2D eigenvalue weighted by Crippen LogP contribution is -2.11. The zero-order chi connectivity index (χ0) is 15.7. The van der Waals surface area contributed by atoms with E-state index in [4.69, 9.17) is 15.2 Å². The Morgan fingerprint density at radius 1 is 1.43 bits per heavy atom. The van der Waals surface area contributed by atoms with E-state index in [0.29, 0.717) is 23.7 Å². The average molecular weight is 295 g/mol. The molecule has 118 valence electrons. The highest BCUT2D eigenvalue weighted by Crippen LogP contribution is 2.16. The van der Waals surface area contributed by atoms with Crippen LogP contribution in [0.3, 0.4) is 0 Å². The Kier molecular flexibility index (Phi) is 7.53. The van der Waals surface area contributed by atoms with Crippen LogP contribution in [0.4, 0.5) is 11.5 Å². The molecule has 1 heterocycles. The molecule has 0 aliphatic carbocycles. The SMILES string of the molecule is CCOC(=O)c1cc(NCCCCOC(C)C)ncc1N. The molecule has 0 bridgehead atoms. The van der Waals surface area contributed by atoms with E-state index in [1.165, 1.54) is 6.20 Å². The summed E-state index contributed by atoms with van der Waals surface area (Å²) in [5.74, 6) is 0.197. The van der Waals surface area contributed by atoms with Crippen molar-refractivity contribution in [2.24, 2.45) is 0 Å². The van der Waals surface area contributed by atoms with E-state index in [0.717, 1.165) is 26.0 Å². The Labute approximate surface area is 126 Å². The molecule has 0 saturated carbocycles. The van der Waals surface area contributed by atoms with Gasteiger partial charge in [-0.15, -0.1) is 0 Å². The predicted octanol–water partition coefficient (Wildman–Crippen LogP) is 2.46.